The van der Waals surface area contributed by atoms with Crippen molar-refractivity contribution < 1.29 is 4.74 Å². The van der Waals surface area contributed by atoms with Crippen LogP contribution in [0.15, 0.2) is 36.4 Å². The Hall–Kier alpha value is -1.58. The molecule has 3 heteroatoms. The Labute approximate surface area is 114 Å². The number of ether oxygens (including phenoxy) is 1. The van der Waals surface area contributed by atoms with Gasteiger partial charge in [0, 0.05) is 11.4 Å². The van der Waals surface area contributed by atoms with Crippen LogP contribution in [0.25, 0.3) is 10.8 Å². The Morgan fingerprint density at radius 1 is 1.05 bits per heavy atom. The molecule has 0 aliphatic heterocycles. The number of nitrogens with two attached hydrogens (primary N) is 2. The molecule has 3 nitrogen and oxygen atoms in total. The Balaban J connectivity index is 2.33. The highest BCUT2D eigenvalue weighted by Crippen LogP contribution is 2.32. The van der Waals surface area contributed by atoms with E-state index in [4.69, 9.17) is 16.2 Å². The molecule has 19 heavy (non-hydrogen) atoms. The van der Waals surface area contributed by atoms with Gasteiger partial charge in [-0.05, 0) is 36.4 Å². The summed E-state index contributed by atoms with van der Waals surface area (Å²) in [4.78, 5) is 0. The number of hydrogen-bond acceptors (Lipinski definition) is 3. The fourth-order valence-corrected chi connectivity index (χ4v) is 2.46. The molecule has 0 heterocycles. The van der Waals surface area contributed by atoms with Crippen molar-refractivity contribution >= 4 is 10.8 Å². The highest BCUT2D eigenvalue weighted by molar-refractivity contribution is 5.91. The average Bonchev–Trinajstić information content (AvgIpc) is 2.46. The molecule has 0 amide bonds. The summed E-state index contributed by atoms with van der Waals surface area (Å²) >= 11 is 0. The number of methoxy groups -OCH3 is 1. The number of benzene rings is 2. The molecule has 0 saturated carbocycles. The molecule has 0 unspecified atom stereocenters. The van der Waals surface area contributed by atoms with Crippen LogP contribution in [0.3, 0.4) is 0 Å². The molecule has 102 valence electrons. The van der Waals surface area contributed by atoms with Gasteiger partial charge in [0.15, 0.2) is 0 Å². The van der Waals surface area contributed by atoms with E-state index < -0.39 is 0 Å². The molecule has 0 fully saturated rings. The zero-order valence-electron chi connectivity index (χ0n) is 11.4. The van der Waals surface area contributed by atoms with E-state index in [1.54, 1.807) is 7.11 Å². The summed E-state index contributed by atoms with van der Waals surface area (Å²) in [5.41, 5.74) is 13.0. The molecule has 0 aliphatic carbocycles. The van der Waals surface area contributed by atoms with Gasteiger partial charge in [-0.15, -0.1) is 0 Å². The van der Waals surface area contributed by atoms with E-state index in [-0.39, 0.29) is 6.04 Å². The molecule has 2 rings (SSSR count). The van der Waals surface area contributed by atoms with Gasteiger partial charge in [-0.2, -0.15) is 0 Å². The maximum Gasteiger partial charge on any atom is 0.126 e. The molecular weight excluding hydrogens is 236 g/mol. The Morgan fingerprint density at radius 2 is 1.79 bits per heavy atom. The predicted molar refractivity (Wildman–Crippen MR) is 80.3 cm³/mol. The van der Waals surface area contributed by atoms with Gasteiger partial charge < -0.3 is 16.2 Å². The summed E-state index contributed by atoms with van der Waals surface area (Å²) in [5, 5.41) is 2.30. The summed E-state index contributed by atoms with van der Waals surface area (Å²) in [6, 6.07) is 12.4. The maximum absolute atomic E-state index is 6.31. The number of rotatable bonds is 6. The molecule has 1 atom stereocenters. The van der Waals surface area contributed by atoms with Crippen molar-refractivity contribution in [1.82, 2.24) is 0 Å². The molecule has 4 N–H and O–H groups in total. The van der Waals surface area contributed by atoms with Gasteiger partial charge >= 0.3 is 0 Å². The van der Waals surface area contributed by atoms with Crippen molar-refractivity contribution in [2.24, 2.45) is 11.5 Å². The third kappa shape index (κ3) is 3.06. The highest BCUT2D eigenvalue weighted by Gasteiger charge is 2.11. The lowest BCUT2D eigenvalue weighted by Crippen LogP contribution is -2.11. The van der Waals surface area contributed by atoms with Gasteiger partial charge in [0.05, 0.1) is 7.11 Å². The van der Waals surface area contributed by atoms with Crippen molar-refractivity contribution in [3.05, 3.63) is 42.0 Å². The van der Waals surface area contributed by atoms with Gasteiger partial charge in [0.1, 0.15) is 5.75 Å². The highest BCUT2D eigenvalue weighted by atomic mass is 16.5. The smallest absolute Gasteiger partial charge is 0.126 e. The van der Waals surface area contributed by atoms with Crippen molar-refractivity contribution in [2.75, 3.05) is 13.7 Å². The van der Waals surface area contributed by atoms with Crippen molar-refractivity contribution in [3.63, 3.8) is 0 Å². The van der Waals surface area contributed by atoms with Gasteiger partial charge in [-0.1, -0.05) is 36.8 Å². The van der Waals surface area contributed by atoms with Crippen LogP contribution < -0.4 is 16.2 Å². The predicted octanol–water partition coefficient (Wildman–Crippen LogP) is 2.98. The van der Waals surface area contributed by atoms with E-state index in [9.17, 15) is 0 Å². The second-order valence-corrected chi connectivity index (χ2v) is 4.79. The van der Waals surface area contributed by atoms with Crippen LogP contribution in [0.5, 0.6) is 5.75 Å². The Morgan fingerprint density at radius 3 is 2.47 bits per heavy atom. The number of hydrogen-bond donors (Lipinski definition) is 2. The van der Waals surface area contributed by atoms with E-state index in [0.29, 0.717) is 0 Å². The minimum absolute atomic E-state index is 0.0577. The van der Waals surface area contributed by atoms with E-state index in [0.717, 1.165) is 36.9 Å². The zero-order valence-corrected chi connectivity index (χ0v) is 11.4. The first-order chi connectivity index (χ1) is 9.27. The third-order valence-electron chi connectivity index (χ3n) is 3.51. The maximum atomic E-state index is 6.31. The first kappa shape index (κ1) is 13.8. The van der Waals surface area contributed by atoms with Crippen molar-refractivity contribution in [3.8, 4) is 5.75 Å². The largest absolute Gasteiger partial charge is 0.496 e. The van der Waals surface area contributed by atoms with Crippen LogP contribution in [-0.2, 0) is 0 Å². The third-order valence-corrected chi connectivity index (χ3v) is 3.51. The second kappa shape index (κ2) is 6.55. The minimum Gasteiger partial charge on any atom is -0.496 e. The topological polar surface area (TPSA) is 61.3 Å². The van der Waals surface area contributed by atoms with Gasteiger partial charge in [-0.25, -0.2) is 0 Å². The van der Waals surface area contributed by atoms with Gasteiger partial charge in [0.2, 0.25) is 0 Å². The van der Waals surface area contributed by atoms with Crippen LogP contribution in [0.4, 0.5) is 0 Å². The molecule has 0 aromatic heterocycles. The minimum atomic E-state index is 0.0577. The Bertz CT molecular complexity index is 539. The SMILES string of the molecule is COc1ccc([C@H](N)CCCCN)c2ccccc12. The van der Waals surface area contributed by atoms with Crippen LogP contribution in [-0.4, -0.2) is 13.7 Å². The van der Waals surface area contributed by atoms with Crippen LogP contribution >= 0.6 is 0 Å². The standard InChI is InChI=1S/C16H22N2O/c1-19-16-10-9-13(15(18)8-4-5-11-17)12-6-2-3-7-14(12)16/h2-3,6-7,9-10,15H,4-5,8,11,17-18H2,1H3/t15-/m1/s1. The Kier molecular flexibility index (Phi) is 4.77. The van der Waals surface area contributed by atoms with Crippen molar-refractivity contribution in [2.45, 2.75) is 25.3 Å². The van der Waals surface area contributed by atoms with E-state index in [1.165, 1.54) is 10.9 Å². The molecule has 0 bridgehead atoms. The van der Waals surface area contributed by atoms with Crippen LogP contribution in [0.2, 0.25) is 0 Å². The molecular formula is C16H22N2O. The summed E-state index contributed by atoms with van der Waals surface area (Å²) < 4.78 is 5.40. The second-order valence-electron chi connectivity index (χ2n) is 4.79. The number of unbranched alkanes of at least 4 members (excludes halogenated alkanes) is 1. The fraction of sp³-hybridized carbons (Fsp3) is 0.375. The summed E-state index contributed by atoms with van der Waals surface area (Å²) in [5.74, 6) is 0.897. The van der Waals surface area contributed by atoms with Crippen LogP contribution in [0.1, 0.15) is 30.9 Å². The lowest BCUT2D eigenvalue weighted by Gasteiger charge is -2.16. The van der Waals surface area contributed by atoms with E-state index >= 15 is 0 Å². The first-order valence-corrected chi connectivity index (χ1v) is 6.79. The van der Waals surface area contributed by atoms with Gasteiger partial charge in [0.25, 0.3) is 0 Å². The van der Waals surface area contributed by atoms with Crippen molar-refractivity contribution in [1.29, 1.82) is 0 Å². The van der Waals surface area contributed by atoms with E-state index in [1.807, 2.05) is 18.2 Å². The van der Waals surface area contributed by atoms with Gasteiger partial charge in [-0.3, -0.25) is 0 Å². The zero-order chi connectivity index (χ0) is 13.7. The van der Waals surface area contributed by atoms with Crippen LogP contribution in [0, 0.1) is 0 Å². The lowest BCUT2D eigenvalue weighted by molar-refractivity contribution is 0.419. The molecule has 2 aromatic rings. The molecule has 0 spiro atoms. The normalized spacial score (nSPS) is 12.6. The summed E-state index contributed by atoms with van der Waals surface area (Å²) in [6.45, 7) is 0.732. The lowest BCUT2D eigenvalue weighted by atomic mass is 9.95. The summed E-state index contributed by atoms with van der Waals surface area (Å²) in [6.07, 6.45) is 3.06. The van der Waals surface area contributed by atoms with E-state index in [2.05, 4.69) is 18.2 Å². The first-order valence-electron chi connectivity index (χ1n) is 6.79. The molecule has 0 radical (unpaired) electrons. The fourth-order valence-electron chi connectivity index (χ4n) is 2.46. The quantitative estimate of drug-likeness (QED) is 0.783. The molecule has 0 aliphatic rings. The average molecular weight is 258 g/mol. The summed E-state index contributed by atoms with van der Waals surface area (Å²) in [7, 11) is 1.70. The molecule has 0 saturated heterocycles. The number of fused-ring (bicyclic) bond motifs is 1. The monoisotopic (exact) mass is 258 g/mol. The molecule has 2 aromatic carbocycles.